The number of nitrogens with two attached hydrogens (primary N) is 1. The SMILES string of the molecule is CC(C)NC(=O)CNc1ncccc1C(N)=S. The number of amides is 1. The largest absolute Gasteiger partial charge is 0.389 e. The van der Waals surface area contributed by atoms with Gasteiger partial charge in [-0.3, -0.25) is 4.79 Å². The molecule has 0 aliphatic carbocycles. The van der Waals surface area contributed by atoms with Crippen molar-refractivity contribution in [3.63, 3.8) is 0 Å². The van der Waals surface area contributed by atoms with Gasteiger partial charge in [-0.25, -0.2) is 4.98 Å². The highest BCUT2D eigenvalue weighted by Gasteiger charge is 2.08. The van der Waals surface area contributed by atoms with Gasteiger partial charge in [-0.2, -0.15) is 0 Å². The molecule has 0 unspecified atom stereocenters. The van der Waals surface area contributed by atoms with Gasteiger partial charge in [-0.15, -0.1) is 0 Å². The molecule has 0 spiro atoms. The molecule has 5 nitrogen and oxygen atoms in total. The lowest BCUT2D eigenvalue weighted by atomic mass is 10.2. The number of carbonyl (C=O) groups excluding carboxylic acids is 1. The van der Waals surface area contributed by atoms with Gasteiger partial charge >= 0.3 is 0 Å². The van der Waals surface area contributed by atoms with Crippen molar-refractivity contribution in [2.75, 3.05) is 11.9 Å². The Morgan fingerprint density at radius 3 is 2.88 bits per heavy atom. The Bertz CT molecular complexity index is 420. The smallest absolute Gasteiger partial charge is 0.239 e. The molecule has 1 rings (SSSR count). The predicted molar refractivity (Wildman–Crippen MR) is 71.9 cm³/mol. The van der Waals surface area contributed by atoms with Crippen LogP contribution >= 0.6 is 12.2 Å². The lowest BCUT2D eigenvalue weighted by Crippen LogP contribution is -2.35. The van der Waals surface area contributed by atoms with E-state index in [1.807, 2.05) is 13.8 Å². The molecule has 4 N–H and O–H groups in total. The van der Waals surface area contributed by atoms with Crippen molar-refractivity contribution in [2.24, 2.45) is 5.73 Å². The summed E-state index contributed by atoms with van der Waals surface area (Å²) in [6, 6.07) is 3.62. The molecule has 0 radical (unpaired) electrons. The molecule has 6 heteroatoms. The molecule has 0 bridgehead atoms. The van der Waals surface area contributed by atoms with Gasteiger partial charge in [0.25, 0.3) is 0 Å². The van der Waals surface area contributed by atoms with E-state index in [9.17, 15) is 4.79 Å². The van der Waals surface area contributed by atoms with E-state index < -0.39 is 0 Å². The van der Waals surface area contributed by atoms with Crippen LogP contribution in [0.15, 0.2) is 18.3 Å². The molecular weight excluding hydrogens is 236 g/mol. The second kappa shape index (κ2) is 6.15. The molecule has 1 aromatic rings. The number of hydrogen-bond acceptors (Lipinski definition) is 4. The zero-order chi connectivity index (χ0) is 12.8. The first kappa shape index (κ1) is 13.4. The number of anilines is 1. The van der Waals surface area contributed by atoms with Gasteiger partial charge in [-0.1, -0.05) is 12.2 Å². The van der Waals surface area contributed by atoms with Crippen LogP contribution in [0.1, 0.15) is 19.4 Å². The Morgan fingerprint density at radius 1 is 1.59 bits per heavy atom. The first-order valence-electron chi connectivity index (χ1n) is 5.28. The maximum atomic E-state index is 11.4. The van der Waals surface area contributed by atoms with E-state index in [2.05, 4.69) is 15.6 Å². The summed E-state index contributed by atoms with van der Waals surface area (Å²) >= 11 is 4.90. The third-order valence-corrected chi connectivity index (χ3v) is 2.16. The standard InChI is InChI=1S/C11H16N4OS/c1-7(2)15-9(16)6-14-11-8(10(12)17)4-3-5-13-11/h3-5,7H,6H2,1-2H3,(H2,12,17)(H,13,14)(H,15,16). The van der Waals surface area contributed by atoms with E-state index in [0.717, 1.165) is 0 Å². The highest BCUT2D eigenvalue weighted by molar-refractivity contribution is 7.80. The Kier molecular flexibility index (Phi) is 4.84. The second-order valence-corrected chi connectivity index (χ2v) is 4.28. The van der Waals surface area contributed by atoms with Crippen molar-refractivity contribution in [3.05, 3.63) is 23.9 Å². The van der Waals surface area contributed by atoms with Crippen molar-refractivity contribution < 1.29 is 4.79 Å². The number of thiocarbonyl (C=S) groups is 1. The minimum Gasteiger partial charge on any atom is -0.389 e. The monoisotopic (exact) mass is 252 g/mol. The van der Waals surface area contributed by atoms with Gasteiger partial charge in [0, 0.05) is 12.2 Å². The van der Waals surface area contributed by atoms with Crippen LogP contribution in [0.25, 0.3) is 0 Å². The Labute approximate surface area is 106 Å². The van der Waals surface area contributed by atoms with Crippen molar-refractivity contribution >= 4 is 28.9 Å². The van der Waals surface area contributed by atoms with Crippen molar-refractivity contribution in [1.29, 1.82) is 0 Å². The highest BCUT2D eigenvalue weighted by Crippen LogP contribution is 2.10. The molecule has 0 fully saturated rings. The van der Waals surface area contributed by atoms with E-state index in [1.54, 1.807) is 18.3 Å². The maximum absolute atomic E-state index is 11.4. The van der Waals surface area contributed by atoms with Gasteiger partial charge in [0.15, 0.2) is 0 Å². The Balaban J connectivity index is 2.63. The van der Waals surface area contributed by atoms with Crippen LogP contribution in [0.4, 0.5) is 5.82 Å². The number of carbonyl (C=O) groups is 1. The van der Waals surface area contributed by atoms with Gasteiger partial charge in [0.05, 0.1) is 12.1 Å². The quantitative estimate of drug-likeness (QED) is 0.671. The Hall–Kier alpha value is -1.69. The minimum absolute atomic E-state index is 0.0976. The van der Waals surface area contributed by atoms with E-state index in [0.29, 0.717) is 11.4 Å². The molecule has 1 heterocycles. The molecule has 0 saturated heterocycles. The van der Waals surface area contributed by atoms with Gasteiger partial charge in [-0.05, 0) is 26.0 Å². The molecule has 0 aliphatic rings. The third-order valence-electron chi connectivity index (χ3n) is 1.94. The second-order valence-electron chi connectivity index (χ2n) is 3.84. The minimum atomic E-state index is -0.0976. The molecule has 0 aliphatic heterocycles. The van der Waals surface area contributed by atoms with Crippen LogP contribution < -0.4 is 16.4 Å². The number of nitrogens with zero attached hydrogens (tertiary/aromatic N) is 1. The molecule has 17 heavy (non-hydrogen) atoms. The van der Waals surface area contributed by atoms with Crippen LogP contribution in [0, 0.1) is 0 Å². The molecule has 92 valence electrons. The zero-order valence-electron chi connectivity index (χ0n) is 9.86. The number of nitrogens with one attached hydrogen (secondary N) is 2. The lowest BCUT2D eigenvalue weighted by molar-refractivity contribution is -0.119. The lowest BCUT2D eigenvalue weighted by Gasteiger charge is -2.11. The molecule has 0 atom stereocenters. The van der Waals surface area contributed by atoms with Crippen LogP contribution in [0.5, 0.6) is 0 Å². The van der Waals surface area contributed by atoms with Crippen molar-refractivity contribution in [1.82, 2.24) is 10.3 Å². The fourth-order valence-corrected chi connectivity index (χ4v) is 1.45. The van der Waals surface area contributed by atoms with Crippen molar-refractivity contribution in [3.8, 4) is 0 Å². The summed E-state index contributed by atoms with van der Waals surface area (Å²) in [7, 11) is 0. The van der Waals surface area contributed by atoms with Gasteiger partial charge in [0.1, 0.15) is 10.8 Å². The van der Waals surface area contributed by atoms with E-state index >= 15 is 0 Å². The average molecular weight is 252 g/mol. The molecule has 0 saturated carbocycles. The summed E-state index contributed by atoms with van der Waals surface area (Å²) in [5.41, 5.74) is 6.19. The van der Waals surface area contributed by atoms with Crippen LogP contribution in [0.2, 0.25) is 0 Å². The average Bonchev–Trinajstić information content (AvgIpc) is 2.25. The summed E-state index contributed by atoms with van der Waals surface area (Å²) in [5.74, 6) is 0.429. The fraction of sp³-hybridized carbons (Fsp3) is 0.364. The summed E-state index contributed by atoms with van der Waals surface area (Å²) in [4.78, 5) is 15.8. The number of aromatic nitrogens is 1. The van der Waals surface area contributed by atoms with E-state index in [4.69, 9.17) is 18.0 Å². The third kappa shape index (κ3) is 4.36. The zero-order valence-corrected chi connectivity index (χ0v) is 10.7. The van der Waals surface area contributed by atoms with Crippen LogP contribution in [-0.2, 0) is 4.79 Å². The van der Waals surface area contributed by atoms with Gasteiger partial charge < -0.3 is 16.4 Å². The Morgan fingerprint density at radius 2 is 2.29 bits per heavy atom. The topological polar surface area (TPSA) is 80.0 Å². The normalized spacial score (nSPS) is 10.1. The van der Waals surface area contributed by atoms with Crippen LogP contribution in [0.3, 0.4) is 0 Å². The van der Waals surface area contributed by atoms with E-state index in [1.165, 1.54) is 0 Å². The maximum Gasteiger partial charge on any atom is 0.239 e. The predicted octanol–water partition coefficient (Wildman–Crippen LogP) is 0.652. The molecular formula is C11H16N4OS. The first-order valence-corrected chi connectivity index (χ1v) is 5.69. The van der Waals surface area contributed by atoms with Crippen molar-refractivity contribution in [2.45, 2.75) is 19.9 Å². The van der Waals surface area contributed by atoms with E-state index in [-0.39, 0.29) is 23.5 Å². The van der Waals surface area contributed by atoms with Crippen LogP contribution in [-0.4, -0.2) is 28.5 Å². The summed E-state index contributed by atoms with van der Waals surface area (Å²) < 4.78 is 0. The highest BCUT2D eigenvalue weighted by atomic mass is 32.1. The molecule has 0 aromatic carbocycles. The molecule has 1 amide bonds. The summed E-state index contributed by atoms with van der Waals surface area (Å²) in [5, 5.41) is 5.68. The fourth-order valence-electron chi connectivity index (χ4n) is 1.28. The molecule has 1 aromatic heterocycles. The number of rotatable bonds is 5. The first-order chi connectivity index (χ1) is 8.00. The summed E-state index contributed by atoms with van der Waals surface area (Å²) in [6.07, 6.45) is 1.62. The summed E-state index contributed by atoms with van der Waals surface area (Å²) in [6.45, 7) is 3.95. The number of hydrogen-bond donors (Lipinski definition) is 3. The number of pyridine rings is 1. The van der Waals surface area contributed by atoms with Gasteiger partial charge in [0.2, 0.25) is 5.91 Å².